The summed E-state index contributed by atoms with van der Waals surface area (Å²) in [5.41, 5.74) is 0.922. The van der Waals surface area contributed by atoms with E-state index in [1.54, 1.807) is 31.2 Å². The molecule has 144 valence electrons. The van der Waals surface area contributed by atoms with Crippen LogP contribution in [0.25, 0.3) is 6.08 Å². The zero-order chi connectivity index (χ0) is 19.9. The SMILES string of the molecule is CCOC(=O)C(C)(CC=Cc1ccccc1)S(=O)(=O)c1ccc(OC)cc1. The molecule has 0 radical (unpaired) electrons. The number of benzene rings is 2. The van der Waals surface area contributed by atoms with E-state index in [4.69, 9.17) is 9.47 Å². The molecule has 0 saturated heterocycles. The molecule has 0 aliphatic heterocycles. The van der Waals surface area contributed by atoms with E-state index in [1.165, 1.54) is 26.2 Å². The number of hydrogen-bond donors (Lipinski definition) is 0. The van der Waals surface area contributed by atoms with Crippen molar-refractivity contribution >= 4 is 21.9 Å². The van der Waals surface area contributed by atoms with Gasteiger partial charge in [-0.25, -0.2) is 8.42 Å². The summed E-state index contributed by atoms with van der Waals surface area (Å²) < 4.78 is 34.9. The number of hydrogen-bond acceptors (Lipinski definition) is 5. The summed E-state index contributed by atoms with van der Waals surface area (Å²) in [6, 6.07) is 15.5. The first-order chi connectivity index (χ1) is 12.8. The van der Waals surface area contributed by atoms with Crippen LogP contribution in [0.1, 0.15) is 25.8 Å². The first-order valence-corrected chi connectivity index (χ1v) is 10.1. The van der Waals surface area contributed by atoms with Crippen LogP contribution in [0.5, 0.6) is 5.75 Å². The molecule has 0 amide bonds. The molecule has 1 unspecified atom stereocenters. The van der Waals surface area contributed by atoms with Gasteiger partial charge in [-0.05, 0) is 50.1 Å². The van der Waals surface area contributed by atoms with Crippen LogP contribution in [-0.4, -0.2) is 32.9 Å². The first kappa shape index (κ1) is 20.7. The van der Waals surface area contributed by atoms with E-state index in [1.807, 2.05) is 30.3 Å². The quantitative estimate of drug-likeness (QED) is 0.642. The number of sulfone groups is 1. The monoisotopic (exact) mass is 388 g/mol. The largest absolute Gasteiger partial charge is 0.497 e. The molecule has 0 N–H and O–H groups in total. The second-order valence-electron chi connectivity index (χ2n) is 6.15. The number of methoxy groups -OCH3 is 1. The number of rotatable bonds is 8. The van der Waals surface area contributed by atoms with Gasteiger partial charge >= 0.3 is 5.97 Å². The molecule has 5 nitrogen and oxygen atoms in total. The Labute approximate surface area is 160 Å². The average molecular weight is 388 g/mol. The van der Waals surface area contributed by atoms with Crippen molar-refractivity contribution in [2.75, 3.05) is 13.7 Å². The average Bonchev–Trinajstić information content (AvgIpc) is 2.68. The highest BCUT2D eigenvalue weighted by Gasteiger charge is 2.47. The van der Waals surface area contributed by atoms with Crippen LogP contribution in [0.2, 0.25) is 0 Å². The fourth-order valence-corrected chi connectivity index (χ4v) is 4.19. The van der Waals surface area contributed by atoms with Crippen molar-refractivity contribution in [3.63, 3.8) is 0 Å². The van der Waals surface area contributed by atoms with Crippen LogP contribution in [-0.2, 0) is 19.4 Å². The molecule has 2 aromatic rings. The minimum absolute atomic E-state index is 0.00487. The van der Waals surface area contributed by atoms with E-state index < -0.39 is 20.6 Å². The third-order valence-electron chi connectivity index (χ3n) is 4.29. The van der Waals surface area contributed by atoms with Crippen molar-refractivity contribution in [3.8, 4) is 5.75 Å². The van der Waals surface area contributed by atoms with Gasteiger partial charge in [0.25, 0.3) is 0 Å². The summed E-state index contributed by atoms with van der Waals surface area (Å²) in [6.07, 6.45) is 3.48. The molecule has 0 aliphatic carbocycles. The number of carbonyl (C=O) groups excluding carboxylic acids is 1. The van der Waals surface area contributed by atoms with Crippen LogP contribution in [0.15, 0.2) is 65.6 Å². The van der Waals surface area contributed by atoms with E-state index in [0.717, 1.165) is 5.56 Å². The molecule has 0 aromatic heterocycles. The van der Waals surface area contributed by atoms with Crippen molar-refractivity contribution in [1.29, 1.82) is 0 Å². The summed E-state index contributed by atoms with van der Waals surface area (Å²) in [4.78, 5) is 12.6. The van der Waals surface area contributed by atoms with Gasteiger partial charge in [-0.1, -0.05) is 42.5 Å². The predicted octanol–water partition coefficient (Wildman–Crippen LogP) is 3.89. The fourth-order valence-electron chi connectivity index (χ4n) is 2.59. The number of allylic oxidation sites excluding steroid dienone is 1. The summed E-state index contributed by atoms with van der Waals surface area (Å²) in [6.45, 7) is 3.16. The summed E-state index contributed by atoms with van der Waals surface area (Å²) in [5, 5.41) is 0. The molecular formula is C21H24O5S. The lowest BCUT2D eigenvalue weighted by molar-refractivity contribution is -0.145. The third-order valence-corrected chi connectivity index (χ3v) is 6.70. The highest BCUT2D eigenvalue weighted by molar-refractivity contribution is 7.93. The molecule has 0 heterocycles. The Hall–Kier alpha value is -2.60. The fraction of sp³-hybridized carbons (Fsp3) is 0.286. The van der Waals surface area contributed by atoms with Gasteiger partial charge in [0.15, 0.2) is 14.6 Å². The Kier molecular flexibility index (Phi) is 6.80. The molecule has 0 spiro atoms. The molecule has 6 heteroatoms. The first-order valence-electron chi connectivity index (χ1n) is 8.62. The maximum atomic E-state index is 13.2. The molecule has 0 saturated carbocycles. The molecule has 2 rings (SSSR count). The van der Waals surface area contributed by atoms with Gasteiger partial charge in [0, 0.05) is 0 Å². The van der Waals surface area contributed by atoms with E-state index >= 15 is 0 Å². The van der Waals surface area contributed by atoms with E-state index in [0.29, 0.717) is 5.75 Å². The van der Waals surface area contributed by atoms with Crippen LogP contribution < -0.4 is 4.74 Å². The highest BCUT2D eigenvalue weighted by Crippen LogP contribution is 2.32. The lowest BCUT2D eigenvalue weighted by Crippen LogP contribution is -2.44. The van der Waals surface area contributed by atoms with Gasteiger partial charge in [-0.3, -0.25) is 4.79 Å². The van der Waals surface area contributed by atoms with Crippen LogP contribution in [0.3, 0.4) is 0 Å². The normalized spacial score (nSPS) is 13.9. The van der Waals surface area contributed by atoms with Gasteiger partial charge in [0.2, 0.25) is 0 Å². The van der Waals surface area contributed by atoms with Gasteiger partial charge in [0.1, 0.15) is 5.75 Å². The van der Waals surface area contributed by atoms with Gasteiger partial charge in [-0.15, -0.1) is 0 Å². The van der Waals surface area contributed by atoms with E-state index in [9.17, 15) is 13.2 Å². The van der Waals surface area contributed by atoms with Crippen molar-refractivity contribution < 1.29 is 22.7 Å². The molecular weight excluding hydrogens is 364 g/mol. The zero-order valence-corrected chi connectivity index (χ0v) is 16.5. The van der Waals surface area contributed by atoms with Crippen molar-refractivity contribution in [1.82, 2.24) is 0 Å². The number of ether oxygens (including phenoxy) is 2. The number of esters is 1. The van der Waals surface area contributed by atoms with Gasteiger partial charge in [0.05, 0.1) is 18.6 Å². The van der Waals surface area contributed by atoms with Crippen LogP contribution >= 0.6 is 0 Å². The molecule has 0 bridgehead atoms. The maximum absolute atomic E-state index is 13.2. The van der Waals surface area contributed by atoms with Gasteiger partial charge < -0.3 is 9.47 Å². The Morgan fingerprint density at radius 2 is 1.70 bits per heavy atom. The Morgan fingerprint density at radius 1 is 1.07 bits per heavy atom. The smallest absolute Gasteiger partial charge is 0.327 e. The Morgan fingerprint density at radius 3 is 2.26 bits per heavy atom. The van der Waals surface area contributed by atoms with Gasteiger partial charge in [-0.2, -0.15) is 0 Å². The molecule has 0 fully saturated rings. The summed E-state index contributed by atoms with van der Waals surface area (Å²) >= 11 is 0. The van der Waals surface area contributed by atoms with Crippen LogP contribution in [0, 0.1) is 0 Å². The molecule has 2 aromatic carbocycles. The van der Waals surface area contributed by atoms with Crippen molar-refractivity contribution in [3.05, 3.63) is 66.2 Å². The minimum atomic E-state index is -3.98. The molecule has 1 atom stereocenters. The minimum Gasteiger partial charge on any atom is -0.497 e. The summed E-state index contributed by atoms with van der Waals surface area (Å²) in [7, 11) is -2.48. The lowest BCUT2D eigenvalue weighted by Gasteiger charge is -2.26. The third kappa shape index (κ3) is 4.57. The molecule has 0 aliphatic rings. The van der Waals surface area contributed by atoms with Crippen molar-refractivity contribution in [2.24, 2.45) is 0 Å². The maximum Gasteiger partial charge on any atom is 0.327 e. The highest BCUT2D eigenvalue weighted by atomic mass is 32.2. The Bertz CT molecular complexity index is 886. The topological polar surface area (TPSA) is 69.7 Å². The molecule has 27 heavy (non-hydrogen) atoms. The number of carbonyl (C=O) groups is 1. The van der Waals surface area contributed by atoms with E-state index in [-0.39, 0.29) is 17.9 Å². The second kappa shape index (κ2) is 8.86. The second-order valence-corrected chi connectivity index (χ2v) is 8.53. The Balaban J connectivity index is 2.39. The predicted molar refractivity (Wildman–Crippen MR) is 105 cm³/mol. The lowest BCUT2D eigenvalue weighted by atomic mass is 10.1. The van der Waals surface area contributed by atoms with E-state index in [2.05, 4.69) is 0 Å². The zero-order valence-electron chi connectivity index (χ0n) is 15.7. The van der Waals surface area contributed by atoms with Crippen LogP contribution in [0.4, 0.5) is 0 Å². The van der Waals surface area contributed by atoms with Crippen molar-refractivity contribution in [2.45, 2.75) is 29.9 Å². The standard InChI is InChI=1S/C21H24O5S/c1-4-26-20(22)21(2,16-8-11-17-9-6-5-7-10-17)27(23,24)19-14-12-18(25-3)13-15-19/h5-15H,4,16H2,1-3H3. The summed E-state index contributed by atoms with van der Waals surface area (Å²) in [5.74, 6) is -0.228.